The predicted octanol–water partition coefficient (Wildman–Crippen LogP) is 2.75. The SMILES string of the molecule is CC(=O)N1CCN(C(=O)c2cc(Nc3cc(C)cc(C)c3)ccn2)CC1. The highest BCUT2D eigenvalue weighted by atomic mass is 16.2. The van der Waals surface area contributed by atoms with Crippen LogP contribution in [0.5, 0.6) is 0 Å². The van der Waals surface area contributed by atoms with E-state index in [1.54, 1.807) is 29.0 Å². The van der Waals surface area contributed by atoms with Gasteiger partial charge in [-0.3, -0.25) is 14.6 Å². The number of nitrogens with one attached hydrogen (secondary N) is 1. The molecule has 2 aromatic rings. The molecule has 0 unspecified atom stereocenters. The molecule has 1 fully saturated rings. The Morgan fingerprint density at radius 3 is 2.15 bits per heavy atom. The molecule has 2 heterocycles. The van der Waals surface area contributed by atoms with Gasteiger partial charge in [0.25, 0.3) is 5.91 Å². The zero-order valence-corrected chi connectivity index (χ0v) is 15.5. The number of carbonyl (C=O) groups excluding carboxylic acids is 2. The molecule has 26 heavy (non-hydrogen) atoms. The molecule has 1 aliphatic rings. The number of hydrogen-bond donors (Lipinski definition) is 1. The van der Waals surface area contributed by atoms with E-state index in [4.69, 9.17) is 0 Å². The molecule has 1 aromatic carbocycles. The lowest BCUT2D eigenvalue weighted by atomic mass is 10.1. The van der Waals surface area contributed by atoms with Crippen LogP contribution in [0.15, 0.2) is 36.5 Å². The van der Waals surface area contributed by atoms with Crippen LogP contribution >= 0.6 is 0 Å². The molecule has 3 rings (SSSR count). The lowest BCUT2D eigenvalue weighted by Crippen LogP contribution is -2.50. The first-order valence-electron chi connectivity index (χ1n) is 8.78. The molecule has 0 radical (unpaired) electrons. The van der Waals surface area contributed by atoms with E-state index in [0.29, 0.717) is 31.9 Å². The summed E-state index contributed by atoms with van der Waals surface area (Å²) < 4.78 is 0. The van der Waals surface area contributed by atoms with Crippen molar-refractivity contribution in [1.82, 2.24) is 14.8 Å². The summed E-state index contributed by atoms with van der Waals surface area (Å²) >= 11 is 0. The third kappa shape index (κ3) is 4.20. The molecule has 0 spiro atoms. The zero-order chi connectivity index (χ0) is 18.7. The van der Waals surface area contributed by atoms with E-state index < -0.39 is 0 Å². The minimum Gasteiger partial charge on any atom is -0.355 e. The number of aryl methyl sites for hydroxylation is 2. The Hall–Kier alpha value is -2.89. The summed E-state index contributed by atoms with van der Waals surface area (Å²) in [5, 5.41) is 3.34. The first-order chi connectivity index (χ1) is 12.4. The summed E-state index contributed by atoms with van der Waals surface area (Å²) in [6.07, 6.45) is 1.64. The van der Waals surface area contributed by atoms with Crippen molar-refractivity contribution in [1.29, 1.82) is 0 Å². The Labute approximate surface area is 153 Å². The van der Waals surface area contributed by atoms with Gasteiger partial charge < -0.3 is 15.1 Å². The summed E-state index contributed by atoms with van der Waals surface area (Å²) in [7, 11) is 0. The van der Waals surface area contributed by atoms with Gasteiger partial charge in [-0.05, 0) is 49.2 Å². The molecule has 6 heteroatoms. The van der Waals surface area contributed by atoms with E-state index >= 15 is 0 Å². The first-order valence-corrected chi connectivity index (χ1v) is 8.78. The predicted molar refractivity (Wildman–Crippen MR) is 102 cm³/mol. The van der Waals surface area contributed by atoms with Crippen LogP contribution < -0.4 is 5.32 Å². The second-order valence-corrected chi connectivity index (χ2v) is 6.73. The number of nitrogens with zero attached hydrogens (tertiary/aromatic N) is 3. The van der Waals surface area contributed by atoms with E-state index in [1.165, 1.54) is 11.1 Å². The highest BCUT2D eigenvalue weighted by molar-refractivity contribution is 5.93. The van der Waals surface area contributed by atoms with Crippen LogP contribution in [0.3, 0.4) is 0 Å². The van der Waals surface area contributed by atoms with Crippen molar-refractivity contribution in [3.05, 3.63) is 53.3 Å². The van der Waals surface area contributed by atoms with Gasteiger partial charge in [0.2, 0.25) is 5.91 Å². The summed E-state index contributed by atoms with van der Waals surface area (Å²) in [6.45, 7) is 7.88. The minimum absolute atomic E-state index is 0.0508. The van der Waals surface area contributed by atoms with E-state index in [1.807, 2.05) is 6.07 Å². The Kier molecular flexibility index (Phi) is 5.21. The van der Waals surface area contributed by atoms with Crippen molar-refractivity contribution in [3.63, 3.8) is 0 Å². The summed E-state index contributed by atoms with van der Waals surface area (Å²) in [6, 6.07) is 9.87. The third-order valence-electron chi connectivity index (χ3n) is 4.50. The van der Waals surface area contributed by atoms with Gasteiger partial charge >= 0.3 is 0 Å². The highest BCUT2D eigenvalue weighted by Gasteiger charge is 2.24. The van der Waals surface area contributed by atoms with Crippen molar-refractivity contribution in [3.8, 4) is 0 Å². The molecule has 136 valence electrons. The quantitative estimate of drug-likeness (QED) is 0.922. The maximum Gasteiger partial charge on any atom is 0.272 e. The van der Waals surface area contributed by atoms with E-state index in [2.05, 4.69) is 42.3 Å². The normalized spacial score (nSPS) is 14.3. The average Bonchev–Trinajstić information content (AvgIpc) is 2.60. The summed E-state index contributed by atoms with van der Waals surface area (Å²) in [5.74, 6) is -0.0489. The van der Waals surface area contributed by atoms with Crippen molar-refractivity contribution in [2.24, 2.45) is 0 Å². The van der Waals surface area contributed by atoms with Crippen LogP contribution in [0.2, 0.25) is 0 Å². The van der Waals surface area contributed by atoms with Crippen LogP contribution in [0.1, 0.15) is 28.5 Å². The van der Waals surface area contributed by atoms with Gasteiger partial charge in [-0.1, -0.05) is 6.07 Å². The average molecular weight is 352 g/mol. The maximum atomic E-state index is 12.7. The van der Waals surface area contributed by atoms with Crippen LogP contribution in [0, 0.1) is 13.8 Å². The largest absolute Gasteiger partial charge is 0.355 e. The number of amides is 2. The third-order valence-corrected chi connectivity index (χ3v) is 4.50. The number of piperazine rings is 1. The molecule has 1 aliphatic heterocycles. The van der Waals surface area contributed by atoms with Crippen LogP contribution in [0.4, 0.5) is 11.4 Å². The molecule has 2 amide bonds. The standard InChI is InChI=1S/C20H24N4O2/c1-14-10-15(2)12-18(11-14)22-17-4-5-21-19(13-17)20(26)24-8-6-23(7-9-24)16(3)25/h4-5,10-13H,6-9H2,1-3H3,(H,21,22). The molecule has 1 N–H and O–H groups in total. The van der Waals surface area contributed by atoms with Crippen LogP contribution in [-0.2, 0) is 4.79 Å². The lowest BCUT2D eigenvalue weighted by molar-refractivity contribution is -0.130. The number of anilines is 2. The summed E-state index contributed by atoms with van der Waals surface area (Å²) in [5.41, 5.74) is 4.59. The zero-order valence-electron chi connectivity index (χ0n) is 15.5. The van der Waals surface area contributed by atoms with Gasteiger partial charge in [-0.2, -0.15) is 0 Å². The highest BCUT2D eigenvalue weighted by Crippen LogP contribution is 2.20. The van der Waals surface area contributed by atoms with Gasteiger partial charge in [0, 0.05) is 50.7 Å². The summed E-state index contributed by atoms with van der Waals surface area (Å²) in [4.78, 5) is 31.9. The minimum atomic E-state index is -0.0997. The second kappa shape index (κ2) is 7.56. The van der Waals surface area contributed by atoms with Gasteiger partial charge in [0.15, 0.2) is 0 Å². The van der Waals surface area contributed by atoms with Crippen molar-refractivity contribution < 1.29 is 9.59 Å². The van der Waals surface area contributed by atoms with Gasteiger partial charge in [0.1, 0.15) is 5.69 Å². The molecule has 0 bridgehead atoms. The van der Waals surface area contributed by atoms with Crippen LogP contribution in [-0.4, -0.2) is 52.8 Å². The molecular formula is C20H24N4O2. The lowest BCUT2D eigenvalue weighted by Gasteiger charge is -2.34. The monoisotopic (exact) mass is 352 g/mol. The van der Waals surface area contributed by atoms with Crippen molar-refractivity contribution in [2.45, 2.75) is 20.8 Å². The van der Waals surface area contributed by atoms with E-state index in [9.17, 15) is 9.59 Å². The number of benzene rings is 1. The smallest absolute Gasteiger partial charge is 0.272 e. The number of pyridine rings is 1. The number of aromatic nitrogens is 1. The molecule has 0 saturated carbocycles. The Bertz CT molecular complexity index is 806. The Balaban J connectivity index is 1.71. The molecular weight excluding hydrogens is 328 g/mol. The molecule has 1 aromatic heterocycles. The fourth-order valence-corrected chi connectivity index (χ4v) is 3.23. The Morgan fingerprint density at radius 2 is 1.54 bits per heavy atom. The van der Waals surface area contributed by atoms with Crippen molar-refractivity contribution in [2.75, 3.05) is 31.5 Å². The molecule has 0 atom stereocenters. The second-order valence-electron chi connectivity index (χ2n) is 6.73. The van der Waals surface area contributed by atoms with Gasteiger partial charge in [-0.25, -0.2) is 0 Å². The Morgan fingerprint density at radius 1 is 0.923 bits per heavy atom. The molecule has 0 aliphatic carbocycles. The maximum absolute atomic E-state index is 12.7. The first kappa shape index (κ1) is 17.9. The topological polar surface area (TPSA) is 65.5 Å². The van der Waals surface area contributed by atoms with Crippen molar-refractivity contribution >= 4 is 23.2 Å². The van der Waals surface area contributed by atoms with Crippen LogP contribution in [0.25, 0.3) is 0 Å². The fourth-order valence-electron chi connectivity index (χ4n) is 3.23. The van der Waals surface area contributed by atoms with E-state index in [0.717, 1.165) is 11.4 Å². The number of carbonyl (C=O) groups is 2. The fraction of sp³-hybridized carbons (Fsp3) is 0.350. The van der Waals surface area contributed by atoms with Gasteiger partial charge in [-0.15, -0.1) is 0 Å². The molecule has 6 nitrogen and oxygen atoms in total. The molecule has 1 saturated heterocycles. The number of rotatable bonds is 3. The number of hydrogen-bond acceptors (Lipinski definition) is 4. The van der Waals surface area contributed by atoms with Gasteiger partial charge in [0.05, 0.1) is 0 Å². The van der Waals surface area contributed by atoms with E-state index in [-0.39, 0.29) is 11.8 Å².